The molecule has 1 saturated heterocycles. The minimum Gasteiger partial charge on any atom is -0.480 e. The molecule has 1 aliphatic heterocycles. The Hall–Kier alpha value is -5.80. The number of carbonyl (C=O) groups is 8. The normalized spacial score (nSPS) is 16.4. The van der Waals surface area contributed by atoms with Crippen LogP contribution in [0.5, 0.6) is 0 Å². The first-order chi connectivity index (χ1) is 27.0. The van der Waals surface area contributed by atoms with Crippen molar-refractivity contribution >= 4 is 47.3 Å². The maximum absolute atomic E-state index is 14.1. The highest BCUT2D eigenvalue weighted by atomic mass is 16.4. The molecule has 16 heteroatoms. The van der Waals surface area contributed by atoms with E-state index in [1.54, 1.807) is 68.4 Å². The van der Waals surface area contributed by atoms with Crippen molar-refractivity contribution in [2.24, 2.45) is 17.6 Å². The highest BCUT2D eigenvalue weighted by Crippen LogP contribution is 2.18. The molecule has 16 nitrogen and oxygen atoms in total. The number of nitrogens with two attached hydrogens (primary N) is 1. The number of hydrogen-bond acceptors (Lipinski definition) is 8. The van der Waals surface area contributed by atoms with Crippen molar-refractivity contribution in [3.63, 3.8) is 0 Å². The summed E-state index contributed by atoms with van der Waals surface area (Å²) in [6, 6.07) is 11.0. The third-order valence-corrected chi connectivity index (χ3v) is 9.67. The molecule has 1 heterocycles. The second-order valence-corrected chi connectivity index (χ2v) is 15.2. The van der Waals surface area contributed by atoms with Crippen LogP contribution in [0.3, 0.4) is 0 Å². The fourth-order valence-electron chi connectivity index (χ4n) is 6.64. The van der Waals surface area contributed by atoms with Gasteiger partial charge in [-0.05, 0) is 48.6 Å². The number of amides is 7. The Morgan fingerprint density at radius 2 is 1.19 bits per heavy atom. The monoisotopic (exact) mass is 791 g/mol. The van der Waals surface area contributed by atoms with Gasteiger partial charge in [-0.25, -0.2) is 4.79 Å². The van der Waals surface area contributed by atoms with E-state index in [1.807, 2.05) is 19.9 Å². The third kappa shape index (κ3) is 14.7. The van der Waals surface area contributed by atoms with Crippen molar-refractivity contribution in [2.75, 3.05) is 6.54 Å². The van der Waals surface area contributed by atoms with E-state index in [0.29, 0.717) is 24.9 Å². The van der Waals surface area contributed by atoms with Crippen LogP contribution in [0.4, 0.5) is 0 Å². The van der Waals surface area contributed by atoms with Crippen molar-refractivity contribution in [2.45, 2.75) is 116 Å². The van der Waals surface area contributed by atoms with E-state index in [9.17, 15) is 43.5 Å². The lowest BCUT2D eigenvalue weighted by molar-refractivity contribution is -0.142. The van der Waals surface area contributed by atoms with Gasteiger partial charge in [0.1, 0.15) is 36.3 Å². The molecule has 0 saturated carbocycles. The van der Waals surface area contributed by atoms with Crippen LogP contribution in [0.15, 0.2) is 60.7 Å². The Morgan fingerprint density at radius 3 is 1.68 bits per heavy atom. The molecular weight excluding hydrogens is 734 g/mol. The molecular formula is C41H57N7O9. The van der Waals surface area contributed by atoms with E-state index in [2.05, 4.69) is 26.6 Å². The molecule has 310 valence electrons. The first kappa shape index (κ1) is 45.6. The van der Waals surface area contributed by atoms with Gasteiger partial charge in [0.15, 0.2) is 0 Å². The predicted octanol–water partition coefficient (Wildman–Crippen LogP) is 0.959. The molecule has 2 aromatic carbocycles. The van der Waals surface area contributed by atoms with Gasteiger partial charge in [-0.1, -0.05) is 88.4 Å². The van der Waals surface area contributed by atoms with Gasteiger partial charge in [0.25, 0.3) is 0 Å². The van der Waals surface area contributed by atoms with Gasteiger partial charge in [0, 0.05) is 32.7 Å². The SMILES string of the molecule is CC(=O)N1CCC[C@H]1C(=O)N[C@@H](Cc1ccccc1)C(=O)N[C@H](C(=O)N[C@@H](Cc1ccccc1)C(=O)N[C@@H](CC(C)C)C(=O)N[C@@H](CCC(N)=O)C(=O)O)C(C)C. The summed E-state index contributed by atoms with van der Waals surface area (Å²) in [5.74, 6) is -6.31. The highest BCUT2D eigenvalue weighted by molar-refractivity contribution is 5.97. The molecule has 0 unspecified atom stereocenters. The smallest absolute Gasteiger partial charge is 0.326 e. The van der Waals surface area contributed by atoms with Crippen LogP contribution in [0.2, 0.25) is 0 Å². The lowest BCUT2D eigenvalue weighted by atomic mass is 9.98. The molecule has 3 rings (SSSR count). The number of primary amides is 1. The Labute approximate surface area is 333 Å². The first-order valence-electron chi connectivity index (χ1n) is 19.3. The molecule has 0 aliphatic carbocycles. The second-order valence-electron chi connectivity index (χ2n) is 15.2. The number of nitrogens with zero attached hydrogens (tertiary/aromatic N) is 1. The molecule has 1 fully saturated rings. The number of aliphatic carboxylic acids is 1. The van der Waals surface area contributed by atoms with Crippen molar-refractivity contribution in [3.05, 3.63) is 71.8 Å². The molecule has 0 radical (unpaired) electrons. The van der Waals surface area contributed by atoms with Gasteiger partial charge in [-0.15, -0.1) is 0 Å². The van der Waals surface area contributed by atoms with Crippen molar-refractivity contribution < 1.29 is 43.5 Å². The number of benzene rings is 2. The number of carbonyl (C=O) groups excluding carboxylic acids is 7. The van der Waals surface area contributed by atoms with Crippen LogP contribution < -0.4 is 32.3 Å². The Morgan fingerprint density at radius 1 is 0.702 bits per heavy atom. The number of rotatable bonds is 21. The van der Waals surface area contributed by atoms with Gasteiger partial charge >= 0.3 is 5.97 Å². The summed E-state index contributed by atoms with van der Waals surface area (Å²) in [6.45, 7) is 8.87. The zero-order valence-electron chi connectivity index (χ0n) is 33.3. The second kappa shape index (κ2) is 22.1. The fraction of sp³-hybridized carbons (Fsp3) is 0.512. The number of carboxylic acids is 1. The molecule has 6 atom stereocenters. The topological polar surface area (TPSA) is 246 Å². The average Bonchev–Trinajstić information content (AvgIpc) is 3.66. The van der Waals surface area contributed by atoms with E-state index in [1.165, 1.54) is 11.8 Å². The summed E-state index contributed by atoms with van der Waals surface area (Å²) in [7, 11) is 0. The number of likely N-dealkylation sites (tertiary alicyclic amines) is 1. The van der Waals surface area contributed by atoms with E-state index < -0.39 is 83.6 Å². The number of carboxylic acid groups (broad SMARTS) is 1. The van der Waals surface area contributed by atoms with Crippen molar-refractivity contribution in [1.82, 2.24) is 31.5 Å². The van der Waals surface area contributed by atoms with E-state index in [0.717, 1.165) is 5.56 Å². The molecule has 2 aromatic rings. The Kier molecular flexibility index (Phi) is 17.7. The quantitative estimate of drug-likeness (QED) is 0.0951. The lowest BCUT2D eigenvalue weighted by Gasteiger charge is -2.29. The van der Waals surface area contributed by atoms with Crippen LogP contribution in [0.1, 0.15) is 77.8 Å². The molecule has 0 aromatic heterocycles. The Bertz CT molecular complexity index is 1720. The van der Waals surface area contributed by atoms with Gasteiger partial charge in [-0.2, -0.15) is 0 Å². The Balaban J connectivity index is 1.86. The van der Waals surface area contributed by atoms with E-state index >= 15 is 0 Å². The number of hydrogen-bond donors (Lipinski definition) is 7. The summed E-state index contributed by atoms with van der Waals surface area (Å²) >= 11 is 0. The maximum Gasteiger partial charge on any atom is 0.326 e. The van der Waals surface area contributed by atoms with Crippen LogP contribution in [0.25, 0.3) is 0 Å². The van der Waals surface area contributed by atoms with E-state index in [4.69, 9.17) is 5.73 Å². The molecule has 57 heavy (non-hydrogen) atoms. The fourth-order valence-corrected chi connectivity index (χ4v) is 6.64. The average molecular weight is 792 g/mol. The predicted molar refractivity (Wildman–Crippen MR) is 211 cm³/mol. The summed E-state index contributed by atoms with van der Waals surface area (Å²) in [5.41, 5.74) is 6.61. The van der Waals surface area contributed by atoms with Gasteiger partial charge < -0.3 is 42.3 Å². The third-order valence-electron chi connectivity index (χ3n) is 9.67. The highest BCUT2D eigenvalue weighted by Gasteiger charge is 2.37. The number of nitrogens with one attached hydrogen (secondary N) is 5. The molecule has 0 bridgehead atoms. The van der Waals surface area contributed by atoms with Crippen LogP contribution >= 0.6 is 0 Å². The summed E-state index contributed by atoms with van der Waals surface area (Å²) in [4.78, 5) is 106. The zero-order valence-corrected chi connectivity index (χ0v) is 33.3. The maximum atomic E-state index is 14.1. The molecule has 1 aliphatic rings. The van der Waals surface area contributed by atoms with E-state index in [-0.39, 0.29) is 43.9 Å². The first-order valence-corrected chi connectivity index (χ1v) is 19.3. The van der Waals surface area contributed by atoms with Crippen LogP contribution in [-0.2, 0) is 51.2 Å². The lowest BCUT2D eigenvalue weighted by Crippen LogP contribution is -2.61. The molecule has 0 spiro atoms. The molecule has 8 N–H and O–H groups in total. The van der Waals surface area contributed by atoms with Crippen molar-refractivity contribution in [3.8, 4) is 0 Å². The van der Waals surface area contributed by atoms with Gasteiger partial charge in [-0.3, -0.25) is 33.6 Å². The largest absolute Gasteiger partial charge is 0.480 e. The summed E-state index contributed by atoms with van der Waals surface area (Å²) in [6.07, 6.45) is 0.781. The minimum atomic E-state index is -1.44. The summed E-state index contributed by atoms with van der Waals surface area (Å²) < 4.78 is 0. The van der Waals surface area contributed by atoms with Crippen LogP contribution in [-0.4, -0.2) is 100 Å². The minimum absolute atomic E-state index is 0.00425. The van der Waals surface area contributed by atoms with Gasteiger partial charge in [0.2, 0.25) is 41.4 Å². The standard InChI is InChI=1S/C41H57N7O9/c1-24(2)21-30(36(51)43-29(41(56)57)18-19-34(42)50)44-37(52)31(22-27-13-8-6-9-14-27)46-40(55)35(25(3)4)47-38(53)32(23-28-15-10-7-11-16-28)45-39(54)33-17-12-20-48(33)26(5)49/h6-11,13-16,24-25,29-33,35H,12,17-23H2,1-5H3,(H2,42,50)(H,43,51)(H,44,52)(H,45,54)(H,46,55)(H,47,53)(H,56,57)/t29-,30-,31-,32-,33-,35-/m0/s1. The summed E-state index contributed by atoms with van der Waals surface area (Å²) in [5, 5.41) is 23.1. The van der Waals surface area contributed by atoms with Gasteiger partial charge in [0.05, 0.1) is 0 Å². The molecule has 7 amide bonds. The zero-order chi connectivity index (χ0) is 42.2. The van der Waals surface area contributed by atoms with Crippen LogP contribution in [0, 0.1) is 11.8 Å². The van der Waals surface area contributed by atoms with Crippen molar-refractivity contribution in [1.29, 1.82) is 0 Å².